The lowest BCUT2D eigenvalue weighted by Crippen LogP contribution is -1.94. The van der Waals surface area contributed by atoms with Crippen LogP contribution in [0.25, 0.3) is 0 Å². The van der Waals surface area contributed by atoms with Crippen molar-refractivity contribution >= 4 is 33.2 Å². The fourth-order valence-electron chi connectivity index (χ4n) is 0.860. The molecule has 6 heteroatoms. The van der Waals surface area contributed by atoms with Gasteiger partial charge in [0.2, 0.25) is 5.75 Å². The highest BCUT2D eigenvalue weighted by molar-refractivity contribution is 9.10. The van der Waals surface area contributed by atoms with Crippen LogP contribution in [0.1, 0.15) is 0 Å². The summed E-state index contributed by atoms with van der Waals surface area (Å²) >= 11 is 8.82. The van der Waals surface area contributed by atoms with Crippen molar-refractivity contribution in [3.8, 4) is 5.75 Å². The summed E-state index contributed by atoms with van der Waals surface area (Å²) < 4.78 is 5.24. The van der Waals surface area contributed by atoms with E-state index < -0.39 is 4.92 Å². The van der Waals surface area contributed by atoms with Crippen molar-refractivity contribution in [3.05, 3.63) is 31.7 Å². The third-order valence-electron chi connectivity index (χ3n) is 1.43. The van der Waals surface area contributed by atoms with E-state index in [0.717, 1.165) is 0 Å². The molecule has 0 N–H and O–H groups in total. The van der Waals surface area contributed by atoms with Gasteiger partial charge in [0.05, 0.1) is 21.5 Å². The van der Waals surface area contributed by atoms with E-state index in [2.05, 4.69) is 15.9 Å². The van der Waals surface area contributed by atoms with Gasteiger partial charge >= 0.3 is 5.69 Å². The molecule has 0 heterocycles. The summed E-state index contributed by atoms with van der Waals surface area (Å²) in [6.07, 6.45) is 0. The molecule has 70 valence electrons. The zero-order chi connectivity index (χ0) is 10.0. The molecule has 0 aromatic heterocycles. The Kier molecular flexibility index (Phi) is 3.11. The molecule has 0 amide bonds. The Morgan fingerprint density at radius 2 is 2.23 bits per heavy atom. The van der Waals surface area contributed by atoms with Gasteiger partial charge in [0, 0.05) is 6.07 Å². The van der Waals surface area contributed by atoms with Crippen LogP contribution in [0.5, 0.6) is 5.75 Å². The fraction of sp³-hybridized carbons (Fsp3) is 0.143. The zero-order valence-electron chi connectivity index (χ0n) is 6.58. The highest BCUT2D eigenvalue weighted by atomic mass is 79.9. The van der Waals surface area contributed by atoms with Crippen LogP contribution >= 0.6 is 27.5 Å². The maximum atomic E-state index is 10.5. The summed E-state index contributed by atoms with van der Waals surface area (Å²) in [7, 11) is 1.35. The van der Waals surface area contributed by atoms with Gasteiger partial charge in [-0.2, -0.15) is 0 Å². The molecule has 0 saturated heterocycles. The number of hydrogen-bond donors (Lipinski definition) is 0. The van der Waals surface area contributed by atoms with Crippen LogP contribution in [-0.2, 0) is 0 Å². The molecule has 0 aliphatic carbocycles. The molecule has 0 fully saturated rings. The number of nitro groups is 1. The first-order valence-electron chi connectivity index (χ1n) is 3.24. The molecule has 1 aromatic carbocycles. The number of rotatable bonds is 2. The maximum absolute atomic E-state index is 10.5. The predicted molar refractivity (Wildman–Crippen MR) is 52.4 cm³/mol. The second-order valence-corrected chi connectivity index (χ2v) is 3.37. The molecular formula is C7H5BrClNO3. The first-order chi connectivity index (χ1) is 6.07. The second-order valence-electron chi connectivity index (χ2n) is 2.17. The molecule has 13 heavy (non-hydrogen) atoms. The highest BCUT2D eigenvalue weighted by Crippen LogP contribution is 2.39. The lowest BCUT2D eigenvalue weighted by atomic mass is 10.3. The largest absolute Gasteiger partial charge is 0.489 e. The average molecular weight is 266 g/mol. The van der Waals surface area contributed by atoms with Gasteiger partial charge in [0.25, 0.3) is 0 Å². The van der Waals surface area contributed by atoms with Crippen LogP contribution in [0.15, 0.2) is 16.6 Å². The normalized spacial score (nSPS) is 9.77. The van der Waals surface area contributed by atoms with Gasteiger partial charge in [-0.1, -0.05) is 11.6 Å². The number of nitrogens with zero attached hydrogens (tertiary/aromatic N) is 1. The van der Waals surface area contributed by atoms with Crippen molar-refractivity contribution in [2.75, 3.05) is 7.11 Å². The highest BCUT2D eigenvalue weighted by Gasteiger charge is 2.19. The summed E-state index contributed by atoms with van der Waals surface area (Å²) in [6.45, 7) is 0. The Bertz CT molecular complexity index is 356. The number of benzene rings is 1. The minimum absolute atomic E-state index is 0.112. The standard InChI is InChI=1S/C7H5BrClNO3/c1-13-7-5(10(11)12)3-2-4(9)6(7)8/h2-3H,1H3. The van der Waals surface area contributed by atoms with Gasteiger partial charge in [0.1, 0.15) is 0 Å². The minimum Gasteiger partial charge on any atom is -0.489 e. The Hall–Kier alpha value is -0.810. The van der Waals surface area contributed by atoms with E-state index in [1.807, 2.05) is 0 Å². The van der Waals surface area contributed by atoms with E-state index in [1.54, 1.807) is 0 Å². The molecular weight excluding hydrogens is 261 g/mol. The Balaban J connectivity index is 3.38. The van der Waals surface area contributed by atoms with Gasteiger partial charge in [-0.25, -0.2) is 0 Å². The molecule has 0 saturated carbocycles. The van der Waals surface area contributed by atoms with E-state index in [9.17, 15) is 10.1 Å². The molecule has 0 bridgehead atoms. The minimum atomic E-state index is -0.528. The lowest BCUT2D eigenvalue weighted by molar-refractivity contribution is -0.385. The monoisotopic (exact) mass is 265 g/mol. The van der Waals surface area contributed by atoms with Gasteiger partial charge < -0.3 is 4.74 Å². The van der Waals surface area contributed by atoms with E-state index in [-0.39, 0.29) is 11.4 Å². The summed E-state index contributed by atoms with van der Waals surface area (Å²) in [5.74, 6) is 0.137. The summed E-state index contributed by atoms with van der Waals surface area (Å²) in [5, 5.41) is 10.9. The smallest absolute Gasteiger partial charge is 0.312 e. The van der Waals surface area contributed by atoms with Crippen LogP contribution in [0.2, 0.25) is 5.02 Å². The van der Waals surface area contributed by atoms with E-state index in [1.165, 1.54) is 19.2 Å². The average Bonchev–Trinajstić information content (AvgIpc) is 2.09. The Morgan fingerprint density at radius 3 is 2.69 bits per heavy atom. The number of methoxy groups -OCH3 is 1. The molecule has 4 nitrogen and oxygen atoms in total. The molecule has 0 spiro atoms. The van der Waals surface area contributed by atoms with Gasteiger partial charge in [-0.05, 0) is 22.0 Å². The molecule has 0 unspecified atom stereocenters. The van der Waals surface area contributed by atoms with Gasteiger partial charge in [-0.15, -0.1) is 0 Å². The maximum Gasteiger partial charge on any atom is 0.312 e. The number of halogens is 2. The van der Waals surface area contributed by atoms with Crippen molar-refractivity contribution in [1.82, 2.24) is 0 Å². The van der Waals surface area contributed by atoms with E-state index in [4.69, 9.17) is 16.3 Å². The summed E-state index contributed by atoms with van der Waals surface area (Å²) in [5.41, 5.74) is -0.112. The predicted octanol–water partition coefficient (Wildman–Crippen LogP) is 3.02. The number of hydrogen-bond acceptors (Lipinski definition) is 3. The summed E-state index contributed by atoms with van der Waals surface area (Å²) in [6, 6.07) is 2.73. The molecule has 0 atom stereocenters. The quantitative estimate of drug-likeness (QED) is 0.611. The van der Waals surface area contributed by atoms with Crippen molar-refractivity contribution < 1.29 is 9.66 Å². The molecule has 0 aliphatic rings. The van der Waals surface area contributed by atoms with Crippen molar-refractivity contribution in [3.63, 3.8) is 0 Å². The lowest BCUT2D eigenvalue weighted by Gasteiger charge is -2.04. The Labute approximate surface area is 87.7 Å². The topological polar surface area (TPSA) is 52.4 Å². The molecule has 0 aliphatic heterocycles. The van der Waals surface area contributed by atoms with Crippen LogP contribution in [-0.4, -0.2) is 12.0 Å². The first-order valence-corrected chi connectivity index (χ1v) is 4.41. The number of nitro benzene ring substituents is 1. The molecule has 1 rings (SSSR count). The SMILES string of the molecule is COc1c([N+](=O)[O-])ccc(Cl)c1Br. The third kappa shape index (κ3) is 1.92. The second kappa shape index (κ2) is 3.93. The molecule has 1 aromatic rings. The van der Waals surface area contributed by atoms with Crippen molar-refractivity contribution in [2.45, 2.75) is 0 Å². The third-order valence-corrected chi connectivity index (χ3v) is 2.76. The zero-order valence-corrected chi connectivity index (χ0v) is 8.92. The van der Waals surface area contributed by atoms with E-state index in [0.29, 0.717) is 9.50 Å². The van der Waals surface area contributed by atoms with Crippen molar-refractivity contribution in [1.29, 1.82) is 0 Å². The van der Waals surface area contributed by atoms with Crippen LogP contribution < -0.4 is 4.74 Å². The van der Waals surface area contributed by atoms with E-state index >= 15 is 0 Å². The first kappa shape index (κ1) is 10.3. The van der Waals surface area contributed by atoms with Crippen molar-refractivity contribution in [2.24, 2.45) is 0 Å². The van der Waals surface area contributed by atoms with Crippen LogP contribution in [0.4, 0.5) is 5.69 Å². The Morgan fingerprint density at radius 1 is 1.62 bits per heavy atom. The fourth-order valence-corrected chi connectivity index (χ4v) is 1.51. The van der Waals surface area contributed by atoms with Gasteiger partial charge in [-0.3, -0.25) is 10.1 Å². The van der Waals surface area contributed by atoms with Crippen LogP contribution in [0, 0.1) is 10.1 Å². The van der Waals surface area contributed by atoms with Crippen LogP contribution in [0.3, 0.4) is 0 Å². The number of ether oxygens (including phenoxy) is 1. The van der Waals surface area contributed by atoms with Gasteiger partial charge in [0.15, 0.2) is 0 Å². The molecule has 0 radical (unpaired) electrons. The summed E-state index contributed by atoms with van der Waals surface area (Å²) in [4.78, 5) is 9.98.